The standard InChI is InChI=1S/C12H13F3O2S/c1-4-8(2)10-6-5-9(12(13,14)15)7-11(10)18(3,16)17/h4-7H,1-3H3/b8-4-. The number of hydrogen-bond donors (Lipinski definition) is 0. The third-order valence-electron chi connectivity index (χ3n) is 2.57. The Balaban J connectivity index is 3.60. The topological polar surface area (TPSA) is 34.1 Å². The smallest absolute Gasteiger partial charge is 0.224 e. The van der Waals surface area contributed by atoms with E-state index in [4.69, 9.17) is 0 Å². The van der Waals surface area contributed by atoms with E-state index in [9.17, 15) is 21.6 Å². The van der Waals surface area contributed by atoms with Gasteiger partial charge in [-0.2, -0.15) is 13.2 Å². The summed E-state index contributed by atoms with van der Waals surface area (Å²) >= 11 is 0. The molecule has 0 atom stereocenters. The molecule has 18 heavy (non-hydrogen) atoms. The van der Waals surface area contributed by atoms with Gasteiger partial charge in [0.2, 0.25) is 0 Å². The van der Waals surface area contributed by atoms with E-state index in [1.807, 2.05) is 0 Å². The molecular formula is C12H13F3O2S. The van der Waals surface area contributed by atoms with Crippen LogP contribution in [0.4, 0.5) is 13.2 Å². The SMILES string of the molecule is C/C=C(/C)c1ccc(C(F)(F)F)cc1S(C)(=O)=O. The maximum Gasteiger partial charge on any atom is 0.416 e. The Labute approximate surface area is 104 Å². The fourth-order valence-corrected chi connectivity index (χ4v) is 2.46. The van der Waals surface area contributed by atoms with Gasteiger partial charge in [0.15, 0.2) is 9.84 Å². The molecule has 0 spiro atoms. The Morgan fingerprint density at radius 1 is 1.28 bits per heavy atom. The minimum absolute atomic E-state index is 0.298. The molecular weight excluding hydrogens is 265 g/mol. The molecule has 0 N–H and O–H groups in total. The monoisotopic (exact) mass is 278 g/mol. The number of hydrogen-bond acceptors (Lipinski definition) is 2. The predicted molar refractivity (Wildman–Crippen MR) is 63.9 cm³/mol. The van der Waals surface area contributed by atoms with Gasteiger partial charge in [0.25, 0.3) is 0 Å². The summed E-state index contributed by atoms with van der Waals surface area (Å²) in [5.41, 5.74) is -0.0484. The quantitative estimate of drug-likeness (QED) is 0.829. The molecule has 0 amide bonds. The van der Waals surface area contributed by atoms with E-state index in [1.165, 1.54) is 6.07 Å². The first-order chi connectivity index (χ1) is 8.07. The average Bonchev–Trinajstić information content (AvgIpc) is 2.24. The summed E-state index contributed by atoms with van der Waals surface area (Å²) < 4.78 is 60.8. The molecule has 1 aromatic carbocycles. The van der Waals surface area contributed by atoms with E-state index in [2.05, 4.69) is 0 Å². The van der Waals surface area contributed by atoms with Crippen molar-refractivity contribution in [1.29, 1.82) is 0 Å². The van der Waals surface area contributed by atoms with Crippen LogP contribution in [0.3, 0.4) is 0 Å². The number of halogens is 3. The molecule has 0 aliphatic carbocycles. The van der Waals surface area contributed by atoms with Gasteiger partial charge in [-0.1, -0.05) is 12.1 Å². The molecule has 0 saturated heterocycles. The van der Waals surface area contributed by atoms with E-state index in [-0.39, 0.29) is 4.90 Å². The molecule has 1 aromatic rings. The molecule has 0 bridgehead atoms. The van der Waals surface area contributed by atoms with Crippen LogP contribution < -0.4 is 0 Å². The van der Waals surface area contributed by atoms with E-state index < -0.39 is 21.6 Å². The molecule has 0 unspecified atom stereocenters. The van der Waals surface area contributed by atoms with Gasteiger partial charge in [-0.05, 0) is 37.1 Å². The summed E-state index contributed by atoms with van der Waals surface area (Å²) in [6.07, 6.45) is -2.01. The van der Waals surface area contributed by atoms with Crippen LogP contribution >= 0.6 is 0 Å². The van der Waals surface area contributed by atoms with Crippen LogP contribution in [0, 0.1) is 0 Å². The molecule has 0 fully saturated rings. The molecule has 100 valence electrons. The fourth-order valence-electron chi connectivity index (χ4n) is 1.49. The summed E-state index contributed by atoms with van der Waals surface area (Å²) in [4.78, 5) is -0.298. The van der Waals surface area contributed by atoms with Crippen molar-refractivity contribution >= 4 is 15.4 Å². The lowest BCUT2D eigenvalue weighted by atomic mass is 10.0. The van der Waals surface area contributed by atoms with Crippen LogP contribution in [0.15, 0.2) is 29.2 Å². The molecule has 1 rings (SSSR count). The Bertz CT molecular complexity index is 584. The van der Waals surface area contributed by atoms with Crippen molar-refractivity contribution in [2.24, 2.45) is 0 Å². The van der Waals surface area contributed by atoms with Gasteiger partial charge in [-0.25, -0.2) is 8.42 Å². The van der Waals surface area contributed by atoms with Gasteiger partial charge in [0, 0.05) is 6.26 Å². The molecule has 0 aliphatic heterocycles. The second-order valence-electron chi connectivity index (χ2n) is 3.95. The molecule has 0 radical (unpaired) electrons. The third kappa shape index (κ3) is 3.13. The first-order valence-electron chi connectivity index (χ1n) is 5.12. The lowest BCUT2D eigenvalue weighted by molar-refractivity contribution is -0.137. The minimum atomic E-state index is -4.55. The van der Waals surface area contributed by atoms with Crippen molar-refractivity contribution < 1.29 is 21.6 Å². The zero-order valence-corrected chi connectivity index (χ0v) is 11.0. The minimum Gasteiger partial charge on any atom is -0.224 e. The molecule has 0 aliphatic rings. The van der Waals surface area contributed by atoms with Crippen molar-refractivity contribution in [3.63, 3.8) is 0 Å². The molecule has 0 heterocycles. The van der Waals surface area contributed by atoms with Crippen molar-refractivity contribution in [1.82, 2.24) is 0 Å². The van der Waals surface area contributed by atoms with E-state index in [1.54, 1.807) is 19.9 Å². The van der Waals surface area contributed by atoms with Crippen LogP contribution in [0.1, 0.15) is 25.0 Å². The second-order valence-corrected chi connectivity index (χ2v) is 5.94. The first-order valence-corrected chi connectivity index (χ1v) is 7.01. The second kappa shape index (κ2) is 4.76. The number of benzene rings is 1. The lowest BCUT2D eigenvalue weighted by Crippen LogP contribution is -2.09. The highest BCUT2D eigenvalue weighted by Gasteiger charge is 2.32. The van der Waals surface area contributed by atoms with Crippen molar-refractivity contribution in [2.45, 2.75) is 24.9 Å². The van der Waals surface area contributed by atoms with E-state index in [0.29, 0.717) is 17.2 Å². The Kier molecular flexibility index (Phi) is 3.90. The summed E-state index contributed by atoms with van der Waals surface area (Å²) in [7, 11) is -3.71. The highest BCUT2D eigenvalue weighted by atomic mass is 32.2. The molecule has 0 saturated carbocycles. The van der Waals surface area contributed by atoms with Gasteiger partial charge in [0.1, 0.15) is 0 Å². The van der Waals surface area contributed by atoms with Crippen molar-refractivity contribution in [3.8, 4) is 0 Å². The van der Waals surface area contributed by atoms with Crippen LogP contribution in [-0.2, 0) is 16.0 Å². The van der Waals surface area contributed by atoms with Crippen LogP contribution in [0.2, 0.25) is 0 Å². The zero-order chi connectivity index (χ0) is 14.1. The van der Waals surface area contributed by atoms with Crippen LogP contribution in [-0.4, -0.2) is 14.7 Å². The van der Waals surface area contributed by atoms with Crippen LogP contribution in [0.25, 0.3) is 5.57 Å². The molecule has 6 heteroatoms. The maximum absolute atomic E-state index is 12.6. The fraction of sp³-hybridized carbons (Fsp3) is 0.333. The zero-order valence-electron chi connectivity index (χ0n) is 10.2. The number of alkyl halides is 3. The summed E-state index contributed by atoms with van der Waals surface area (Å²) in [6.45, 7) is 3.34. The third-order valence-corrected chi connectivity index (χ3v) is 3.70. The number of rotatable bonds is 2. The summed E-state index contributed by atoms with van der Waals surface area (Å²) in [6, 6.07) is 2.75. The molecule has 0 aromatic heterocycles. The van der Waals surface area contributed by atoms with Crippen molar-refractivity contribution in [2.75, 3.05) is 6.26 Å². The van der Waals surface area contributed by atoms with Gasteiger partial charge in [0.05, 0.1) is 10.5 Å². The normalized spacial score (nSPS) is 13.8. The Morgan fingerprint density at radius 3 is 2.22 bits per heavy atom. The molecule has 2 nitrogen and oxygen atoms in total. The van der Waals surface area contributed by atoms with E-state index in [0.717, 1.165) is 12.3 Å². The van der Waals surface area contributed by atoms with E-state index >= 15 is 0 Å². The van der Waals surface area contributed by atoms with Gasteiger partial charge in [-0.3, -0.25) is 0 Å². The van der Waals surface area contributed by atoms with Crippen molar-refractivity contribution in [3.05, 3.63) is 35.4 Å². The highest BCUT2D eigenvalue weighted by Crippen LogP contribution is 2.33. The largest absolute Gasteiger partial charge is 0.416 e. The number of allylic oxidation sites excluding steroid dienone is 2. The van der Waals surface area contributed by atoms with Gasteiger partial charge in [-0.15, -0.1) is 0 Å². The summed E-state index contributed by atoms with van der Waals surface area (Å²) in [5, 5.41) is 0. The average molecular weight is 278 g/mol. The maximum atomic E-state index is 12.6. The van der Waals surface area contributed by atoms with Crippen LogP contribution in [0.5, 0.6) is 0 Å². The Hall–Kier alpha value is -1.30. The lowest BCUT2D eigenvalue weighted by Gasteiger charge is -2.12. The summed E-state index contributed by atoms with van der Waals surface area (Å²) in [5.74, 6) is 0. The Morgan fingerprint density at radius 2 is 1.83 bits per heavy atom. The number of sulfone groups is 1. The predicted octanol–water partition coefficient (Wildman–Crippen LogP) is 3.53. The van der Waals surface area contributed by atoms with Gasteiger partial charge >= 0.3 is 6.18 Å². The highest BCUT2D eigenvalue weighted by molar-refractivity contribution is 7.90. The first kappa shape index (κ1) is 14.8. The van der Waals surface area contributed by atoms with Gasteiger partial charge < -0.3 is 0 Å².